The zero-order chi connectivity index (χ0) is 21.7. The average Bonchev–Trinajstić information content (AvgIpc) is 2.75. The Balaban J connectivity index is 1.49. The first-order valence-electron chi connectivity index (χ1n) is 10.3. The van der Waals surface area contributed by atoms with Gasteiger partial charge in [0.15, 0.2) is 6.10 Å². The normalized spacial score (nSPS) is 15.4. The predicted molar refractivity (Wildman–Crippen MR) is 116 cm³/mol. The van der Waals surface area contributed by atoms with Gasteiger partial charge in [-0.1, -0.05) is 30.3 Å². The van der Waals surface area contributed by atoms with E-state index in [4.69, 9.17) is 4.74 Å². The number of hydrogen-bond acceptors (Lipinski definition) is 4. The quantitative estimate of drug-likeness (QED) is 0.589. The smallest absolute Gasteiger partial charge is 0.321 e. The van der Waals surface area contributed by atoms with Gasteiger partial charge in [-0.05, 0) is 62.9 Å². The van der Waals surface area contributed by atoms with Crippen molar-refractivity contribution in [2.75, 3.05) is 18.4 Å². The number of ketones is 1. The van der Waals surface area contributed by atoms with Gasteiger partial charge >= 0.3 is 12.0 Å². The molecule has 1 aliphatic rings. The van der Waals surface area contributed by atoms with Crippen molar-refractivity contribution in [3.05, 3.63) is 65.2 Å². The predicted octanol–water partition coefficient (Wildman–Crippen LogP) is 4.36. The number of esters is 1. The van der Waals surface area contributed by atoms with Crippen LogP contribution in [0.25, 0.3) is 0 Å². The van der Waals surface area contributed by atoms with E-state index in [9.17, 15) is 14.4 Å². The highest BCUT2D eigenvalue weighted by atomic mass is 16.5. The standard InChI is InChI=1S/C24H28N2O4/c1-16-9-10-20(15-17(16)2)22(27)18(3)30-23(28)19-11-13-26(14-12-19)24(29)25-21-7-5-4-6-8-21/h4-10,15,18-19H,11-14H2,1-3H3,(H,25,29). The maximum absolute atomic E-state index is 12.6. The topological polar surface area (TPSA) is 75.7 Å². The third-order valence-corrected chi connectivity index (χ3v) is 5.59. The molecule has 1 atom stereocenters. The number of ether oxygens (including phenoxy) is 1. The second-order valence-electron chi connectivity index (χ2n) is 7.80. The molecule has 0 saturated carbocycles. The second-order valence-corrected chi connectivity index (χ2v) is 7.80. The molecule has 1 unspecified atom stereocenters. The maximum Gasteiger partial charge on any atom is 0.321 e. The van der Waals surface area contributed by atoms with E-state index in [1.165, 1.54) is 0 Å². The highest BCUT2D eigenvalue weighted by Crippen LogP contribution is 2.21. The molecule has 6 nitrogen and oxygen atoms in total. The summed E-state index contributed by atoms with van der Waals surface area (Å²) < 4.78 is 5.46. The molecule has 1 fully saturated rings. The summed E-state index contributed by atoms with van der Waals surface area (Å²) in [4.78, 5) is 39.2. The van der Waals surface area contributed by atoms with Crippen molar-refractivity contribution in [1.29, 1.82) is 0 Å². The van der Waals surface area contributed by atoms with E-state index < -0.39 is 6.10 Å². The van der Waals surface area contributed by atoms with Crippen molar-refractivity contribution in [1.82, 2.24) is 4.90 Å². The van der Waals surface area contributed by atoms with E-state index in [0.717, 1.165) is 16.8 Å². The molecule has 2 aromatic carbocycles. The molecule has 0 aliphatic carbocycles. The van der Waals surface area contributed by atoms with Gasteiger partial charge in [-0.25, -0.2) is 4.79 Å². The largest absolute Gasteiger partial charge is 0.454 e. The van der Waals surface area contributed by atoms with Gasteiger partial charge in [0.1, 0.15) is 0 Å². The number of rotatable bonds is 5. The first-order chi connectivity index (χ1) is 14.3. The lowest BCUT2D eigenvalue weighted by Crippen LogP contribution is -2.43. The number of nitrogens with zero attached hydrogens (tertiary/aromatic N) is 1. The van der Waals surface area contributed by atoms with Crippen molar-refractivity contribution in [3.8, 4) is 0 Å². The summed E-state index contributed by atoms with van der Waals surface area (Å²) in [6, 6.07) is 14.6. The molecule has 2 amide bonds. The molecule has 2 aromatic rings. The molecular formula is C24H28N2O4. The zero-order valence-corrected chi connectivity index (χ0v) is 17.7. The molecule has 1 aliphatic heterocycles. The number of Topliss-reactive ketones (excluding diaryl/α,β-unsaturated/α-hetero) is 1. The summed E-state index contributed by atoms with van der Waals surface area (Å²) in [6.45, 7) is 6.48. The molecule has 0 spiro atoms. The third-order valence-electron chi connectivity index (χ3n) is 5.59. The molecular weight excluding hydrogens is 380 g/mol. The molecule has 3 rings (SSSR count). The van der Waals surface area contributed by atoms with Crippen LogP contribution in [0.2, 0.25) is 0 Å². The van der Waals surface area contributed by atoms with Crippen LogP contribution >= 0.6 is 0 Å². The van der Waals surface area contributed by atoms with Gasteiger partial charge in [0, 0.05) is 24.3 Å². The van der Waals surface area contributed by atoms with Crippen LogP contribution in [-0.4, -0.2) is 41.9 Å². The van der Waals surface area contributed by atoms with Gasteiger partial charge in [-0.2, -0.15) is 0 Å². The summed E-state index contributed by atoms with van der Waals surface area (Å²) >= 11 is 0. The Bertz CT molecular complexity index is 918. The minimum atomic E-state index is -0.834. The molecule has 6 heteroatoms. The molecule has 0 aromatic heterocycles. The summed E-state index contributed by atoms with van der Waals surface area (Å²) in [6.07, 6.45) is 0.205. The van der Waals surface area contributed by atoms with E-state index in [0.29, 0.717) is 31.5 Å². The fourth-order valence-electron chi connectivity index (χ4n) is 3.50. The van der Waals surface area contributed by atoms with Crippen LogP contribution in [0.15, 0.2) is 48.5 Å². The molecule has 30 heavy (non-hydrogen) atoms. The molecule has 1 N–H and O–H groups in total. The Morgan fingerprint density at radius 2 is 1.67 bits per heavy atom. The molecule has 1 heterocycles. The summed E-state index contributed by atoms with van der Waals surface area (Å²) in [5.41, 5.74) is 3.42. The SMILES string of the molecule is Cc1ccc(C(=O)C(C)OC(=O)C2CCN(C(=O)Nc3ccccc3)CC2)cc1C. The Hall–Kier alpha value is -3.15. The maximum atomic E-state index is 12.6. The Morgan fingerprint density at radius 1 is 1.00 bits per heavy atom. The third kappa shape index (κ3) is 5.26. The number of aryl methyl sites for hydroxylation is 2. The fourth-order valence-corrected chi connectivity index (χ4v) is 3.50. The van der Waals surface area contributed by atoms with Crippen molar-refractivity contribution < 1.29 is 19.1 Å². The number of piperidine rings is 1. The number of carbonyl (C=O) groups is 3. The van der Waals surface area contributed by atoms with Crippen LogP contribution in [0.4, 0.5) is 10.5 Å². The summed E-state index contributed by atoms with van der Waals surface area (Å²) in [7, 11) is 0. The number of anilines is 1. The van der Waals surface area contributed by atoms with Crippen LogP contribution in [0.3, 0.4) is 0 Å². The monoisotopic (exact) mass is 408 g/mol. The van der Waals surface area contributed by atoms with E-state index in [1.807, 2.05) is 56.3 Å². The van der Waals surface area contributed by atoms with Gasteiger partial charge in [0.25, 0.3) is 0 Å². The van der Waals surface area contributed by atoms with E-state index in [1.54, 1.807) is 17.9 Å². The first kappa shape index (κ1) is 21.6. The lowest BCUT2D eigenvalue weighted by atomic mass is 9.97. The second kappa shape index (κ2) is 9.57. The van der Waals surface area contributed by atoms with Gasteiger partial charge in [-0.15, -0.1) is 0 Å². The van der Waals surface area contributed by atoms with Gasteiger partial charge in [0.2, 0.25) is 5.78 Å². The number of likely N-dealkylation sites (tertiary alicyclic amines) is 1. The zero-order valence-electron chi connectivity index (χ0n) is 17.7. The number of urea groups is 1. The molecule has 1 saturated heterocycles. The van der Waals surface area contributed by atoms with Gasteiger partial charge in [0.05, 0.1) is 5.92 Å². The van der Waals surface area contributed by atoms with E-state index in [-0.39, 0.29) is 23.7 Å². The summed E-state index contributed by atoms with van der Waals surface area (Å²) in [5, 5.41) is 2.86. The molecule has 0 radical (unpaired) electrons. The first-order valence-corrected chi connectivity index (χ1v) is 10.3. The lowest BCUT2D eigenvalue weighted by molar-refractivity contribution is -0.152. The van der Waals surface area contributed by atoms with Crippen LogP contribution in [0.1, 0.15) is 41.3 Å². The van der Waals surface area contributed by atoms with E-state index in [2.05, 4.69) is 5.32 Å². The highest BCUT2D eigenvalue weighted by Gasteiger charge is 2.30. The molecule has 0 bridgehead atoms. The number of amides is 2. The van der Waals surface area contributed by atoms with Crippen molar-refractivity contribution in [2.24, 2.45) is 5.92 Å². The average molecular weight is 408 g/mol. The number of hydrogen-bond donors (Lipinski definition) is 1. The number of benzene rings is 2. The van der Waals surface area contributed by atoms with Crippen LogP contribution in [-0.2, 0) is 9.53 Å². The van der Waals surface area contributed by atoms with Gasteiger partial charge in [-0.3, -0.25) is 9.59 Å². The van der Waals surface area contributed by atoms with Gasteiger partial charge < -0.3 is 15.0 Å². The Morgan fingerprint density at radius 3 is 2.30 bits per heavy atom. The highest BCUT2D eigenvalue weighted by molar-refractivity contribution is 6.00. The van der Waals surface area contributed by atoms with Crippen molar-refractivity contribution in [3.63, 3.8) is 0 Å². The minimum Gasteiger partial charge on any atom is -0.454 e. The number of carbonyl (C=O) groups excluding carboxylic acids is 3. The van der Waals surface area contributed by atoms with Crippen LogP contribution in [0.5, 0.6) is 0 Å². The fraction of sp³-hybridized carbons (Fsp3) is 0.375. The van der Waals surface area contributed by atoms with E-state index >= 15 is 0 Å². The van der Waals surface area contributed by atoms with Crippen LogP contribution in [0, 0.1) is 19.8 Å². The minimum absolute atomic E-state index is 0.175. The summed E-state index contributed by atoms with van der Waals surface area (Å²) in [5.74, 6) is -0.880. The van der Waals surface area contributed by atoms with Crippen molar-refractivity contribution in [2.45, 2.75) is 39.7 Å². The van der Waals surface area contributed by atoms with Crippen LogP contribution < -0.4 is 5.32 Å². The Kier molecular flexibility index (Phi) is 6.87. The van der Waals surface area contributed by atoms with Crippen molar-refractivity contribution >= 4 is 23.5 Å². The Labute approximate surface area is 177 Å². The lowest BCUT2D eigenvalue weighted by Gasteiger charge is -2.31. The molecule has 158 valence electrons. The number of nitrogens with one attached hydrogen (secondary N) is 1. The number of para-hydroxylation sites is 1.